The molecule has 0 bridgehead atoms. The Labute approximate surface area is 177 Å². The smallest absolute Gasteiger partial charge is 0.348 e. The van der Waals surface area contributed by atoms with Crippen LogP contribution in [0.1, 0.15) is 46.6 Å². The van der Waals surface area contributed by atoms with Gasteiger partial charge in [-0.1, -0.05) is 36.6 Å². The lowest BCUT2D eigenvalue weighted by Gasteiger charge is -2.11. The highest BCUT2D eigenvalue weighted by Crippen LogP contribution is 2.29. The highest BCUT2D eigenvalue weighted by molar-refractivity contribution is 7.20. The molecule has 152 valence electrons. The highest BCUT2D eigenvalue weighted by atomic mass is 35.5. The zero-order chi connectivity index (χ0) is 20.4. The van der Waals surface area contributed by atoms with Gasteiger partial charge in [0, 0.05) is 16.5 Å². The Morgan fingerprint density at radius 1 is 1.28 bits per heavy atom. The van der Waals surface area contributed by atoms with Gasteiger partial charge in [0.25, 0.3) is 5.91 Å². The monoisotopic (exact) mass is 431 g/mol. The second-order valence-corrected chi connectivity index (χ2v) is 8.79. The van der Waals surface area contributed by atoms with Crippen LogP contribution < -0.4 is 5.32 Å². The summed E-state index contributed by atoms with van der Waals surface area (Å²) in [7, 11) is 0. The average Bonchev–Trinajstić information content (AvgIpc) is 3.41. The highest BCUT2D eigenvalue weighted by Gasteiger charge is 2.20. The molecule has 1 N–H and O–H groups in total. The summed E-state index contributed by atoms with van der Waals surface area (Å²) < 4.78 is 7.10. The number of aromatic nitrogens is 2. The van der Waals surface area contributed by atoms with Gasteiger partial charge in [-0.25, -0.2) is 4.79 Å². The zero-order valence-electron chi connectivity index (χ0n) is 16.1. The third kappa shape index (κ3) is 4.62. The molecule has 1 aliphatic carbocycles. The molecule has 1 aromatic carbocycles. The molecule has 0 unspecified atom stereocenters. The quantitative estimate of drug-likeness (QED) is 0.590. The van der Waals surface area contributed by atoms with Gasteiger partial charge in [0.15, 0.2) is 6.61 Å². The van der Waals surface area contributed by atoms with Crippen LogP contribution in [0.4, 0.5) is 0 Å². The molecule has 0 aliphatic heterocycles. The molecule has 3 aromatic rings. The van der Waals surface area contributed by atoms with Crippen LogP contribution in [0.2, 0.25) is 5.02 Å². The van der Waals surface area contributed by atoms with Crippen LogP contribution in [0, 0.1) is 6.92 Å². The molecule has 0 radical (unpaired) electrons. The molecule has 2 aromatic heterocycles. The van der Waals surface area contributed by atoms with Crippen molar-refractivity contribution in [1.82, 2.24) is 15.1 Å². The number of nitrogens with one attached hydrogen (secondary N) is 1. The summed E-state index contributed by atoms with van der Waals surface area (Å²) in [6.45, 7) is 2.25. The van der Waals surface area contributed by atoms with Crippen molar-refractivity contribution in [3.05, 3.63) is 51.5 Å². The van der Waals surface area contributed by atoms with Crippen molar-refractivity contribution in [3.8, 4) is 0 Å². The van der Waals surface area contributed by atoms with Crippen LogP contribution in [0.15, 0.2) is 30.3 Å². The minimum atomic E-state index is -0.481. The van der Waals surface area contributed by atoms with Gasteiger partial charge in [-0.3, -0.25) is 9.48 Å². The number of fused-ring (bicyclic) bond motifs is 1. The van der Waals surface area contributed by atoms with E-state index in [0.29, 0.717) is 16.4 Å². The molecule has 0 spiro atoms. The number of ether oxygens (including phenoxy) is 1. The molecule has 1 fully saturated rings. The Balaban J connectivity index is 1.43. The van der Waals surface area contributed by atoms with Crippen LogP contribution in [0.3, 0.4) is 0 Å². The van der Waals surface area contributed by atoms with Crippen LogP contribution in [-0.2, 0) is 16.1 Å². The lowest BCUT2D eigenvalue weighted by molar-refractivity contribution is -0.124. The number of benzene rings is 1. The maximum atomic E-state index is 12.4. The van der Waals surface area contributed by atoms with E-state index in [4.69, 9.17) is 16.3 Å². The standard InChI is InChI=1S/C21H22ClN3O3S/c1-13-17-10-18(21(27)28-12-19(26)23-16-4-2-3-5-16)29-20(17)25(24-13)11-14-6-8-15(22)9-7-14/h6-10,16H,2-5,11-12H2,1H3,(H,23,26). The molecule has 2 heterocycles. The topological polar surface area (TPSA) is 73.2 Å². The number of esters is 1. The Hall–Kier alpha value is -2.38. The molecule has 0 saturated heterocycles. The number of carbonyl (C=O) groups excluding carboxylic acids is 2. The van der Waals surface area contributed by atoms with Gasteiger partial charge in [-0.2, -0.15) is 5.10 Å². The van der Waals surface area contributed by atoms with E-state index in [1.807, 2.05) is 35.9 Å². The van der Waals surface area contributed by atoms with Gasteiger partial charge in [0.2, 0.25) is 0 Å². The van der Waals surface area contributed by atoms with Gasteiger partial charge in [0.05, 0.1) is 12.2 Å². The minimum Gasteiger partial charge on any atom is -0.451 e. The number of hydrogen-bond donors (Lipinski definition) is 1. The minimum absolute atomic E-state index is 0.215. The summed E-state index contributed by atoms with van der Waals surface area (Å²) in [6, 6.07) is 9.61. The Kier molecular flexibility index (Phi) is 5.87. The van der Waals surface area contributed by atoms with E-state index in [1.165, 1.54) is 11.3 Å². The molecule has 1 aliphatic rings. The van der Waals surface area contributed by atoms with E-state index in [2.05, 4.69) is 10.4 Å². The fourth-order valence-electron chi connectivity index (χ4n) is 3.62. The number of thiophene rings is 1. The number of carbonyl (C=O) groups is 2. The fourth-order valence-corrected chi connectivity index (χ4v) is 4.81. The molecule has 0 atom stereocenters. The molecule has 1 saturated carbocycles. The molecular weight excluding hydrogens is 410 g/mol. The van der Waals surface area contributed by atoms with E-state index < -0.39 is 5.97 Å². The van der Waals surface area contributed by atoms with Crippen LogP contribution >= 0.6 is 22.9 Å². The van der Waals surface area contributed by atoms with E-state index in [9.17, 15) is 9.59 Å². The van der Waals surface area contributed by atoms with Gasteiger partial charge >= 0.3 is 5.97 Å². The maximum Gasteiger partial charge on any atom is 0.348 e. The Bertz CT molecular complexity index is 1040. The summed E-state index contributed by atoms with van der Waals surface area (Å²) in [5.74, 6) is -0.721. The third-order valence-corrected chi connectivity index (χ3v) is 6.49. The van der Waals surface area contributed by atoms with Gasteiger partial charge in [0.1, 0.15) is 9.71 Å². The second-order valence-electron chi connectivity index (χ2n) is 7.32. The van der Waals surface area contributed by atoms with Crippen molar-refractivity contribution in [2.45, 2.75) is 45.2 Å². The Morgan fingerprint density at radius 3 is 2.72 bits per heavy atom. The van der Waals surface area contributed by atoms with Gasteiger partial charge < -0.3 is 10.1 Å². The van der Waals surface area contributed by atoms with Crippen molar-refractivity contribution in [2.75, 3.05) is 6.61 Å². The second kappa shape index (κ2) is 8.55. The largest absolute Gasteiger partial charge is 0.451 e. The molecule has 4 rings (SSSR count). The number of hydrogen-bond acceptors (Lipinski definition) is 5. The average molecular weight is 432 g/mol. The van der Waals surface area contributed by atoms with E-state index in [0.717, 1.165) is 47.2 Å². The first-order valence-corrected chi connectivity index (χ1v) is 10.9. The molecule has 8 heteroatoms. The summed E-state index contributed by atoms with van der Waals surface area (Å²) >= 11 is 7.28. The SMILES string of the molecule is Cc1nn(Cc2ccc(Cl)cc2)c2sc(C(=O)OCC(=O)NC3CCCC3)cc12. The first kappa shape index (κ1) is 19.9. The van der Waals surface area contributed by atoms with Crippen LogP contribution in [-0.4, -0.2) is 34.3 Å². The van der Waals surface area contributed by atoms with E-state index in [-0.39, 0.29) is 18.6 Å². The molecular formula is C21H22ClN3O3S. The zero-order valence-corrected chi connectivity index (χ0v) is 17.7. The van der Waals surface area contributed by atoms with Crippen molar-refractivity contribution in [3.63, 3.8) is 0 Å². The predicted octanol–water partition coefficient (Wildman–Crippen LogP) is 4.32. The first-order valence-electron chi connectivity index (χ1n) is 9.67. The molecule has 29 heavy (non-hydrogen) atoms. The lowest BCUT2D eigenvalue weighted by atomic mass is 10.2. The van der Waals surface area contributed by atoms with E-state index in [1.54, 1.807) is 6.07 Å². The number of aryl methyl sites for hydroxylation is 1. The maximum absolute atomic E-state index is 12.4. The Morgan fingerprint density at radius 2 is 2.00 bits per heavy atom. The van der Waals surface area contributed by atoms with Crippen molar-refractivity contribution >= 4 is 45.0 Å². The number of rotatable bonds is 6. The normalized spacial score (nSPS) is 14.4. The molecule has 6 nitrogen and oxygen atoms in total. The van der Waals surface area contributed by atoms with Gasteiger partial charge in [-0.05, 0) is 43.5 Å². The predicted molar refractivity (Wildman–Crippen MR) is 114 cm³/mol. The fraction of sp³-hybridized carbons (Fsp3) is 0.381. The summed E-state index contributed by atoms with van der Waals surface area (Å²) in [5, 5.41) is 9.11. The molecule has 1 amide bonds. The summed E-state index contributed by atoms with van der Waals surface area (Å²) in [5.41, 5.74) is 1.92. The van der Waals surface area contributed by atoms with Crippen LogP contribution in [0.5, 0.6) is 0 Å². The summed E-state index contributed by atoms with van der Waals surface area (Å²) in [6.07, 6.45) is 4.27. The van der Waals surface area contributed by atoms with Crippen molar-refractivity contribution < 1.29 is 14.3 Å². The first-order chi connectivity index (χ1) is 14.0. The lowest BCUT2D eigenvalue weighted by Crippen LogP contribution is -2.35. The van der Waals surface area contributed by atoms with Crippen molar-refractivity contribution in [1.29, 1.82) is 0 Å². The van der Waals surface area contributed by atoms with Crippen LogP contribution in [0.25, 0.3) is 10.2 Å². The number of nitrogens with zero attached hydrogens (tertiary/aromatic N) is 2. The summed E-state index contributed by atoms with van der Waals surface area (Å²) in [4.78, 5) is 25.8. The van der Waals surface area contributed by atoms with E-state index >= 15 is 0 Å². The third-order valence-electron chi connectivity index (χ3n) is 5.11. The number of amides is 1. The number of halogens is 1. The van der Waals surface area contributed by atoms with Crippen molar-refractivity contribution in [2.24, 2.45) is 0 Å². The van der Waals surface area contributed by atoms with Gasteiger partial charge in [-0.15, -0.1) is 11.3 Å².